The van der Waals surface area contributed by atoms with Gasteiger partial charge >= 0.3 is 0 Å². The van der Waals surface area contributed by atoms with E-state index < -0.39 is 0 Å². The van der Waals surface area contributed by atoms with Gasteiger partial charge in [-0.15, -0.1) is 11.8 Å². The minimum absolute atomic E-state index is 0.0387. The second kappa shape index (κ2) is 6.72. The van der Waals surface area contributed by atoms with E-state index in [0.29, 0.717) is 24.7 Å². The molecule has 2 amide bonds. The normalized spacial score (nSPS) is 36.5. The van der Waals surface area contributed by atoms with Crippen LogP contribution >= 0.6 is 11.8 Å². The molecule has 0 radical (unpaired) electrons. The first-order valence-corrected chi connectivity index (χ1v) is 11.4. The van der Waals surface area contributed by atoms with Crippen molar-refractivity contribution in [3.05, 3.63) is 0 Å². The zero-order valence-corrected chi connectivity index (χ0v) is 17.4. The van der Waals surface area contributed by atoms with Gasteiger partial charge < -0.3 is 9.80 Å². The third kappa shape index (κ3) is 3.65. The summed E-state index contributed by atoms with van der Waals surface area (Å²) in [6, 6.07) is 0. The van der Waals surface area contributed by atoms with E-state index in [1.54, 1.807) is 11.8 Å². The summed E-state index contributed by atoms with van der Waals surface area (Å²) in [6.45, 7) is 9.31. The third-order valence-electron chi connectivity index (χ3n) is 7.04. The highest BCUT2D eigenvalue weighted by Crippen LogP contribution is 2.60. The highest BCUT2D eigenvalue weighted by atomic mass is 32.2. The number of carbonyl (C=O) groups is 2. The minimum atomic E-state index is -0.0387. The van der Waals surface area contributed by atoms with Gasteiger partial charge in [-0.2, -0.15) is 0 Å². The largest absolute Gasteiger partial charge is 0.339 e. The van der Waals surface area contributed by atoms with Gasteiger partial charge in [0.05, 0.1) is 11.2 Å². The van der Waals surface area contributed by atoms with Crippen molar-refractivity contribution in [1.82, 2.24) is 9.80 Å². The smallest absolute Gasteiger partial charge is 0.232 e. The molecule has 1 saturated heterocycles. The average Bonchev–Trinajstić information content (AvgIpc) is 2.57. The van der Waals surface area contributed by atoms with Crippen LogP contribution in [0.1, 0.15) is 59.3 Å². The van der Waals surface area contributed by atoms with Gasteiger partial charge in [0, 0.05) is 30.9 Å². The summed E-state index contributed by atoms with van der Waals surface area (Å²) in [5.41, 5.74) is -0.0387. The second-order valence-corrected chi connectivity index (χ2v) is 12.1. The lowest BCUT2D eigenvalue weighted by atomic mass is 9.49. The van der Waals surface area contributed by atoms with Crippen LogP contribution < -0.4 is 0 Å². The molecule has 5 rings (SSSR count). The summed E-state index contributed by atoms with van der Waals surface area (Å²) < 4.78 is 0.117. The van der Waals surface area contributed by atoms with E-state index in [9.17, 15) is 9.59 Å². The first kappa shape index (κ1) is 18.6. The highest BCUT2D eigenvalue weighted by Gasteiger charge is 2.55. The van der Waals surface area contributed by atoms with Gasteiger partial charge in [0.2, 0.25) is 11.8 Å². The Bertz CT molecular complexity index is 540. The van der Waals surface area contributed by atoms with Crippen molar-refractivity contribution in [2.75, 3.05) is 31.9 Å². The van der Waals surface area contributed by atoms with Crippen molar-refractivity contribution in [3.8, 4) is 0 Å². The predicted molar refractivity (Wildman–Crippen MR) is 106 cm³/mol. The molecular weight excluding hydrogens is 344 g/mol. The first-order valence-electron chi connectivity index (χ1n) is 10.5. The Kier molecular flexibility index (Phi) is 4.82. The Morgan fingerprint density at radius 2 is 1.35 bits per heavy atom. The van der Waals surface area contributed by atoms with Crippen LogP contribution in [0, 0.1) is 23.2 Å². The summed E-state index contributed by atoms with van der Waals surface area (Å²) in [4.78, 5) is 29.9. The summed E-state index contributed by atoms with van der Waals surface area (Å²) >= 11 is 1.71. The maximum absolute atomic E-state index is 13.4. The molecule has 0 N–H and O–H groups in total. The molecule has 1 aliphatic heterocycles. The molecule has 0 aromatic rings. The molecule has 4 nitrogen and oxygen atoms in total. The fourth-order valence-electron chi connectivity index (χ4n) is 6.24. The predicted octanol–water partition coefficient (Wildman–Crippen LogP) is 3.41. The highest BCUT2D eigenvalue weighted by molar-refractivity contribution is 8.01. The number of rotatable bonds is 3. The Morgan fingerprint density at radius 3 is 1.81 bits per heavy atom. The maximum atomic E-state index is 13.4. The molecule has 5 aliphatic rings. The van der Waals surface area contributed by atoms with Crippen LogP contribution in [0.3, 0.4) is 0 Å². The van der Waals surface area contributed by atoms with Crippen LogP contribution in [0.25, 0.3) is 0 Å². The molecular formula is C21H34N2O2S. The number of hydrogen-bond donors (Lipinski definition) is 0. The van der Waals surface area contributed by atoms with Gasteiger partial charge in [-0.05, 0) is 56.3 Å². The molecule has 26 heavy (non-hydrogen) atoms. The van der Waals surface area contributed by atoms with E-state index in [-0.39, 0.29) is 16.1 Å². The first-order chi connectivity index (χ1) is 12.2. The molecule has 5 heteroatoms. The molecule has 146 valence electrons. The van der Waals surface area contributed by atoms with Crippen LogP contribution in [0.2, 0.25) is 0 Å². The Hall–Kier alpha value is -0.710. The van der Waals surface area contributed by atoms with E-state index in [1.165, 1.54) is 19.3 Å². The molecule has 4 bridgehead atoms. The Morgan fingerprint density at radius 1 is 0.885 bits per heavy atom. The van der Waals surface area contributed by atoms with Crippen molar-refractivity contribution < 1.29 is 9.59 Å². The lowest BCUT2D eigenvalue weighted by Crippen LogP contribution is -2.58. The summed E-state index contributed by atoms with van der Waals surface area (Å²) in [5, 5.41) is 0. The van der Waals surface area contributed by atoms with Crippen LogP contribution in [-0.4, -0.2) is 58.3 Å². The maximum Gasteiger partial charge on any atom is 0.232 e. The molecule has 5 fully saturated rings. The number of amides is 2. The standard InChI is InChI=1S/C21H34N2O2S/c1-20(2,3)26-14-18(24)22-4-6-23(7-5-22)19(25)21-11-15-8-16(12-21)10-17(9-15)13-21/h15-17H,4-14H2,1-3H3. The fraction of sp³-hybridized carbons (Fsp3) is 0.905. The van der Waals surface area contributed by atoms with E-state index >= 15 is 0 Å². The van der Waals surface area contributed by atoms with Crippen LogP contribution in [0.15, 0.2) is 0 Å². The van der Waals surface area contributed by atoms with Crippen LogP contribution in [0.4, 0.5) is 0 Å². The third-order valence-corrected chi connectivity index (χ3v) is 8.30. The zero-order valence-electron chi connectivity index (χ0n) is 16.6. The number of thioether (sulfide) groups is 1. The van der Waals surface area contributed by atoms with Crippen molar-refractivity contribution in [3.63, 3.8) is 0 Å². The number of nitrogens with zero attached hydrogens (tertiary/aromatic N) is 2. The fourth-order valence-corrected chi connectivity index (χ4v) is 6.98. The molecule has 0 spiro atoms. The molecule has 4 aliphatic carbocycles. The summed E-state index contributed by atoms with van der Waals surface area (Å²) in [7, 11) is 0. The number of carbonyl (C=O) groups excluding carboxylic acids is 2. The summed E-state index contributed by atoms with van der Waals surface area (Å²) in [5.74, 6) is 3.62. The lowest BCUT2D eigenvalue weighted by Gasteiger charge is -2.57. The quantitative estimate of drug-likeness (QED) is 0.756. The van der Waals surface area contributed by atoms with E-state index in [1.807, 2.05) is 4.90 Å². The van der Waals surface area contributed by atoms with Crippen molar-refractivity contribution in [2.45, 2.75) is 64.0 Å². The number of hydrogen-bond acceptors (Lipinski definition) is 3. The zero-order chi connectivity index (χ0) is 18.5. The monoisotopic (exact) mass is 378 g/mol. The molecule has 0 aromatic carbocycles. The van der Waals surface area contributed by atoms with Crippen LogP contribution in [0.5, 0.6) is 0 Å². The topological polar surface area (TPSA) is 40.6 Å². The molecule has 0 unspecified atom stereocenters. The second-order valence-electron chi connectivity index (χ2n) is 10.3. The number of piperazine rings is 1. The van der Waals surface area contributed by atoms with Crippen molar-refractivity contribution in [2.24, 2.45) is 23.2 Å². The van der Waals surface area contributed by atoms with Crippen molar-refractivity contribution >= 4 is 23.6 Å². The lowest BCUT2D eigenvalue weighted by molar-refractivity contribution is -0.160. The Balaban J connectivity index is 1.32. The van der Waals surface area contributed by atoms with Crippen molar-refractivity contribution in [1.29, 1.82) is 0 Å². The average molecular weight is 379 g/mol. The van der Waals surface area contributed by atoms with Gasteiger partial charge in [0.15, 0.2) is 0 Å². The van der Waals surface area contributed by atoms with E-state index in [2.05, 4.69) is 25.7 Å². The Labute approximate surface area is 162 Å². The van der Waals surface area contributed by atoms with Gasteiger partial charge in [0.25, 0.3) is 0 Å². The van der Waals surface area contributed by atoms with E-state index in [4.69, 9.17) is 0 Å². The van der Waals surface area contributed by atoms with Gasteiger partial charge in [-0.1, -0.05) is 20.8 Å². The molecule has 1 heterocycles. The molecule has 4 saturated carbocycles. The molecule has 0 atom stereocenters. The van der Waals surface area contributed by atoms with Crippen LogP contribution in [-0.2, 0) is 9.59 Å². The summed E-state index contributed by atoms with van der Waals surface area (Å²) in [6.07, 6.45) is 7.54. The van der Waals surface area contributed by atoms with Gasteiger partial charge in [0.1, 0.15) is 0 Å². The SMILES string of the molecule is CC(C)(C)SCC(=O)N1CCN(C(=O)C23CC4CC(CC(C4)C2)C3)CC1. The minimum Gasteiger partial charge on any atom is -0.339 e. The van der Waals surface area contributed by atoms with Gasteiger partial charge in [-0.3, -0.25) is 9.59 Å². The van der Waals surface area contributed by atoms with Gasteiger partial charge in [-0.25, -0.2) is 0 Å². The van der Waals surface area contributed by atoms with E-state index in [0.717, 1.165) is 50.1 Å². The molecule has 0 aromatic heterocycles.